The highest BCUT2D eigenvalue weighted by molar-refractivity contribution is 5.78. The van der Waals surface area contributed by atoms with E-state index in [0.29, 0.717) is 12.3 Å². The van der Waals surface area contributed by atoms with Crippen LogP contribution in [0.3, 0.4) is 0 Å². The fourth-order valence-corrected chi connectivity index (χ4v) is 2.84. The summed E-state index contributed by atoms with van der Waals surface area (Å²) >= 11 is 0. The lowest BCUT2D eigenvalue weighted by atomic mass is 10.0. The highest BCUT2D eigenvalue weighted by Gasteiger charge is 2.21. The lowest BCUT2D eigenvalue weighted by Crippen LogP contribution is -2.25. The number of nitrogens with zero attached hydrogens (tertiary/aromatic N) is 1. The minimum absolute atomic E-state index is 0.254. The molecule has 1 aliphatic heterocycles. The number of aryl methyl sites for hydroxylation is 1. The van der Waals surface area contributed by atoms with E-state index >= 15 is 0 Å². The van der Waals surface area contributed by atoms with Gasteiger partial charge < -0.3 is 15.4 Å². The molecule has 2 N–H and O–H groups in total. The number of hydrogen-bond donors (Lipinski definition) is 1. The molecule has 4 heteroatoms. The average molecular weight is 286 g/mol. The first-order valence-corrected chi connectivity index (χ1v) is 7.28. The van der Waals surface area contributed by atoms with E-state index in [-0.39, 0.29) is 5.75 Å². The summed E-state index contributed by atoms with van der Waals surface area (Å²) in [6, 6.07) is 11.3. The minimum Gasteiger partial charge on any atom is -0.491 e. The zero-order valence-electron chi connectivity index (χ0n) is 12.1. The number of anilines is 3. The molecule has 3 nitrogen and oxygen atoms in total. The van der Waals surface area contributed by atoms with Gasteiger partial charge in [-0.3, -0.25) is 0 Å². The van der Waals surface area contributed by atoms with Crippen LogP contribution in [0.4, 0.5) is 21.5 Å². The van der Waals surface area contributed by atoms with Gasteiger partial charge in [-0.15, -0.1) is 0 Å². The predicted molar refractivity (Wildman–Crippen MR) is 83.8 cm³/mol. The second kappa shape index (κ2) is 5.64. The first-order chi connectivity index (χ1) is 10.2. The van der Waals surface area contributed by atoms with Gasteiger partial charge in [0.15, 0.2) is 11.6 Å². The molecule has 0 saturated heterocycles. The van der Waals surface area contributed by atoms with Crippen molar-refractivity contribution in [3.8, 4) is 5.75 Å². The van der Waals surface area contributed by atoms with Crippen LogP contribution >= 0.6 is 0 Å². The van der Waals surface area contributed by atoms with E-state index in [2.05, 4.69) is 17.0 Å². The zero-order valence-corrected chi connectivity index (χ0v) is 12.1. The normalized spacial score (nSPS) is 13.9. The number of nitrogens with two attached hydrogens (primary N) is 1. The van der Waals surface area contributed by atoms with Crippen molar-refractivity contribution in [3.63, 3.8) is 0 Å². The maximum Gasteiger partial charge on any atom is 0.167 e. The number of hydrogen-bond acceptors (Lipinski definition) is 3. The van der Waals surface area contributed by atoms with Crippen LogP contribution in [0.2, 0.25) is 0 Å². The van der Waals surface area contributed by atoms with Gasteiger partial charge in [0.2, 0.25) is 0 Å². The average Bonchev–Trinajstić information content (AvgIpc) is 2.50. The summed E-state index contributed by atoms with van der Waals surface area (Å²) in [5.74, 6) is -0.159. The zero-order chi connectivity index (χ0) is 14.8. The van der Waals surface area contributed by atoms with E-state index in [1.54, 1.807) is 6.07 Å². The maximum atomic E-state index is 13.9. The molecule has 0 saturated carbocycles. The molecule has 0 unspecified atom stereocenters. The second-order valence-electron chi connectivity index (χ2n) is 5.16. The molecule has 3 rings (SSSR count). The summed E-state index contributed by atoms with van der Waals surface area (Å²) in [6.07, 6.45) is 2.11. The highest BCUT2D eigenvalue weighted by atomic mass is 19.1. The molecular formula is C17H19FN2O. The van der Waals surface area contributed by atoms with E-state index in [1.807, 2.05) is 19.1 Å². The van der Waals surface area contributed by atoms with Gasteiger partial charge in [0.05, 0.1) is 18.0 Å². The number of fused-ring (bicyclic) bond motifs is 1. The Morgan fingerprint density at radius 2 is 2.05 bits per heavy atom. The Balaban J connectivity index is 2.07. The van der Waals surface area contributed by atoms with Crippen molar-refractivity contribution < 1.29 is 9.13 Å². The van der Waals surface area contributed by atoms with E-state index in [9.17, 15) is 4.39 Å². The molecule has 21 heavy (non-hydrogen) atoms. The van der Waals surface area contributed by atoms with Gasteiger partial charge in [-0.25, -0.2) is 4.39 Å². The van der Waals surface area contributed by atoms with Crippen molar-refractivity contribution in [1.29, 1.82) is 0 Å². The summed E-state index contributed by atoms with van der Waals surface area (Å²) < 4.78 is 19.2. The molecule has 0 aromatic heterocycles. The van der Waals surface area contributed by atoms with Crippen molar-refractivity contribution >= 4 is 17.1 Å². The predicted octanol–water partition coefficient (Wildman–Crippen LogP) is 3.89. The van der Waals surface area contributed by atoms with Crippen molar-refractivity contribution in [2.75, 3.05) is 23.8 Å². The number of para-hydroxylation sites is 1. The van der Waals surface area contributed by atoms with Crippen molar-refractivity contribution in [2.45, 2.75) is 19.8 Å². The molecule has 2 aromatic carbocycles. The fourth-order valence-electron chi connectivity index (χ4n) is 2.84. The molecule has 0 bridgehead atoms. The number of halogens is 1. The molecule has 0 spiro atoms. The summed E-state index contributed by atoms with van der Waals surface area (Å²) in [5, 5.41) is 0. The number of nitrogen functional groups attached to an aromatic ring is 1. The molecule has 110 valence electrons. The molecule has 0 amide bonds. The second-order valence-corrected chi connectivity index (χ2v) is 5.16. The van der Waals surface area contributed by atoms with Crippen LogP contribution in [-0.2, 0) is 6.42 Å². The third-order valence-corrected chi connectivity index (χ3v) is 3.78. The maximum absolute atomic E-state index is 13.9. The lowest BCUT2D eigenvalue weighted by Gasteiger charge is -2.32. The SMILES string of the molecule is CCOc1cc(N2CCCc3ccccc32)c(N)cc1F. The van der Waals surface area contributed by atoms with Crippen LogP contribution in [0.1, 0.15) is 18.9 Å². The largest absolute Gasteiger partial charge is 0.491 e. The summed E-state index contributed by atoms with van der Waals surface area (Å²) in [6.45, 7) is 3.14. The van der Waals surface area contributed by atoms with Crippen LogP contribution < -0.4 is 15.4 Å². The summed E-state index contributed by atoms with van der Waals surface area (Å²) in [4.78, 5) is 2.15. The molecule has 1 heterocycles. The van der Waals surface area contributed by atoms with Crippen LogP contribution in [0, 0.1) is 5.82 Å². The Kier molecular flexibility index (Phi) is 3.69. The molecule has 0 atom stereocenters. The highest BCUT2D eigenvalue weighted by Crippen LogP contribution is 2.39. The van der Waals surface area contributed by atoms with Crippen LogP contribution in [0.15, 0.2) is 36.4 Å². The van der Waals surface area contributed by atoms with Gasteiger partial charge in [0, 0.05) is 24.4 Å². The van der Waals surface area contributed by atoms with Gasteiger partial charge in [-0.05, 0) is 31.4 Å². The van der Waals surface area contributed by atoms with Crippen LogP contribution in [0.25, 0.3) is 0 Å². The third-order valence-electron chi connectivity index (χ3n) is 3.78. The summed E-state index contributed by atoms with van der Waals surface area (Å²) in [5.41, 5.74) is 9.73. The summed E-state index contributed by atoms with van der Waals surface area (Å²) in [7, 11) is 0. The first kappa shape index (κ1) is 13.7. The smallest absolute Gasteiger partial charge is 0.167 e. The van der Waals surface area contributed by atoms with Crippen molar-refractivity contribution in [3.05, 3.63) is 47.8 Å². The Labute approximate surface area is 124 Å². The van der Waals surface area contributed by atoms with Crippen LogP contribution in [0.5, 0.6) is 5.75 Å². The Morgan fingerprint density at radius 3 is 2.86 bits per heavy atom. The molecule has 0 fully saturated rings. The van der Waals surface area contributed by atoms with Gasteiger partial charge in [-0.1, -0.05) is 18.2 Å². The first-order valence-electron chi connectivity index (χ1n) is 7.28. The molecule has 0 radical (unpaired) electrons. The Bertz CT molecular complexity index is 657. The monoisotopic (exact) mass is 286 g/mol. The molecule has 1 aliphatic rings. The Morgan fingerprint density at radius 1 is 1.24 bits per heavy atom. The van der Waals surface area contributed by atoms with Gasteiger partial charge >= 0.3 is 0 Å². The van der Waals surface area contributed by atoms with Crippen LogP contribution in [-0.4, -0.2) is 13.2 Å². The number of benzene rings is 2. The standard InChI is InChI=1S/C17H19FN2O/c1-2-21-17-11-16(14(19)10-13(17)18)20-9-5-7-12-6-3-4-8-15(12)20/h3-4,6,8,10-11H,2,5,7,9,19H2,1H3. The fraction of sp³-hybridized carbons (Fsp3) is 0.294. The van der Waals surface area contributed by atoms with Crippen molar-refractivity contribution in [1.82, 2.24) is 0 Å². The third kappa shape index (κ3) is 2.53. The topological polar surface area (TPSA) is 38.5 Å². The molecule has 0 aliphatic carbocycles. The van der Waals surface area contributed by atoms with Gasteiger partial charge in [0.25, 0.3) is 0 Å². The van der Waals surface area contributed by atoms with E-state index < -0.39 is 5.82 Å². The van der Waals surface area contributed by atoms with E-state index in [0.717, 1.165) is 30.8 Å². The van der Waals surface area contributed by atoms with E-state index in [1.165, 1.54) is 11.6 Å². The molecular weight excluding hydrogens is 267 g/mol. The number of rotatable bonds is 3. The lowest BCUT2D eigenvalue weighted by molar-refractivity contribution is 0.322. The minimum atomic E-state index is -0.414. The molecule has 2 aromatic rings. The van der Waals surface area contributed by atoms with E-state index in [4.69, 9.17) is 10.5 Å². The van der Waals surface area contributed by atoms with Gasteiger partial charge in [-0.2, -0.15) is 0 Å². The van der Waals surface area contributed by atoms with Crippen molar-refractivity contribution in [2.24, 2.45) is 0 Å². The number of ether oxygens (including phenoxy) is 1. The quantitative estimate of drug-likeness (QED) is 0.870. The Hall–Kier alpha value is -2.23. The van der Waals surface area contributed by atoms with Gasteiger partial charge in [0.1, 0.15) is 0 Å².